The first-order valence-corrected chi connectivity index (χ1v) is 6.47. The predicted octanol–water partition coefficient (Wildman–Crippen LogP) is 2.97. The number of anilines is 1. The highest BCUT2D eigenvalue weighted by Crippen LogP contribution is 2.50. The van der Waals surface area contributed by atoms with Crippen LogP contribution in [-0.4, -0.2) is 24.7 Å². The summed E-state index contributed by atoms with van der Waals surface area (Å²) in [6.45, 7) is 10.6. The molecule has 0 aromatic heterocycles. The van der Waals surface area contributed by atoms with Crippen LogP contribution in [-0.2, 0) is 0 Å². The minimum atomic E-state index is -0.294. The quantitative estimate of drug-likeness (QED) is 0.777. The van der Waals surface area contributed by atoms with E-state index in [-0.39, 0.29) is 5.72 Å². The second kappa shape index (κ2) is 3.89. The zero-order valence-electron chi connectivity index (χ0n) is 12.5. The molecule has 0 radical (unpaired) electrons. The third-order valence-electron chi connectivity index (χ3n) is 4.79. The van der Waals surface area contributed by atoms with Crippen molar-refractivity contribution in [2.24, 2.45) is 0 Å². The number of benzene rings is 1. The molecule has 3 heteroatoms. The Balaban J connectivity index is 2.70. The van der Waals surface area contributed by atoms with Crippen LogP contribution in [0.25, 0.3) is 0 Å². The van der Waals surface area contributed by atoms with E-state index in [9.17, 15) is 0 Å². The SMILES string of the molecule is Cc1c(C)c2c(c(C)c1N)C(C)C(C)(N(C)C)O2. The van der Waals surface area contributed by atoms with Gasteiger partial charge in [0.05, 0.1) is 0 Å². The minimum absolute atomic E-state index is 0.294. The Morgan fingerprint density at radius 3 is 2.17 bits per heavy atom. The maximum Gasteiger partial charge on any atom is 0.166 e. The third-order valence-corrected chi connectivity index (χ3v) is 4.79. The fourth-order valence-electron chi connectivity index (χ4n) is 2.87. The first kappa shape index (κ1) is 13.2. The highest BCUT2D eigenvalue weighted by Gasteiger charge is 2.46. The molecule has 0 saturated carbocycles. The summed E-state index contributed by atoms with van der Waals surface area (Å²) < 4.78 is 6.29. The van der Waals surface area contributed by atoms with Gasteiger partial charge < -0.3 is 10.5 Å². The van der Waals surface area contributed by atoms with Crippen LogP contribution in [0.3, 0.4) is 0 Å². The smallest absolute Gasteiger partial charge is 0.166 e. The molecule has 100 valence electrons. The van der Waals surface area contributed by atoms with Gasteiger partial charge in [0.2, 0.25) is 0 Å². The van der Waals surface area contributed by atoms with E-state index in [0.29, 0.717) is 5.92 Å². The summed E-state index contributed by atoms with van der Waals surface area (Å²) in [6.07, 6.45) is 0. The number of hydrogen-bond donors (Lipinski definition) is 1. The molecule has 2 unspecified atom stereocenters. The molecule has 1 aliphatic rings. The van der Waals surface area contributed by atoms with Crippen LogP contribution < -0.4 is 10.5 Å². The van der Waals surface area contributed by atoms with Gasteiger partial charge in [-0.05, 0) is 58.5 Å². The zero-order valence-corrected chi connectivity index (χ0v) is 12.5. The number of nitrogens with two attached hydrogens (primary N) is 1. The molecule has 0 bridgehead atoms. The van der Waals surface area contributed by atoms with E-state index in [1.807, 2.05) is 0 Å². The number of nitrogens with zero attached hydrogens (tertiary/aromatic N) is 1. The van der Waals surface area contributed by atoms with E-state index in [1.165, 1.54) is 16.7 Å². The summed E-state index contributed by atoms with van der Waals surface area (Å²) in [6, 6.07) is 0. The molecular weight excluding hydrogens is 224 g/mol. The van der Waals surface area contributed by atoms with Crippen LogP contribution in [0.2, 0.25) is 0 Å². The summed E-state index contributed by atoms with van der Waals surface area (Å²) in [5.41, 5.74) is 11.6. The molecule has 1 heterocycles. The second-order valence-corrected chi connectivity index (χ2v) is 5.80. The van der Waals surface area contributed by atoms with E-state index < -0.39 is 0 Å². The van der Waals surface area contributed by atoms with Crippen molar-refractivity contribution in [2.75, 3.05) is 19.8 Å². The normalized spacial score (nSPS) is 26.3. The molecule has 0 aliphatic carbocycles. The van der Waals surface area contributed by atoms with Gasteiger partial charge in [-0.25, -0.2) is 0 Å². The van der Waals surface area contributed by atoms with Crippen molar-refractivity contribution in [1.29, 1.82) is 0 Å². The highest BCUT2D eigenvalue weighted by atomic mass is 16.5. The van der Waals surface area contributed by atoms with Crippen molar-refractivity contribution in [3.8, 4) is 5.75 Å². The maximum absolute atomic E-state index is 6.29. The lowest BCUT2D eigenvalue weighted by Gasteiger charge is -2.35. The van der Waals surface area contributed by atoms with Crippen LogP contribution in [0, 0.1) is 20.8 Å². The fraction of sp³-hybridized carbons (Fsp3) is 0.600. The Labute approximate surface area is 110 Å². The molecule has 0 spiro atoms. The standard InChI is InChI=1S/C15H24N2O/c1-8-9(2)14-12(10(3)13(8)16)11(4)15(5,18-14)17(6)7/h11H,16H2,1-7H3. The summed E-state index contributed by atoms with van der Waals surface area (Å²) in [4.78, 5) is 2.14. The van der Waals surface area contributed by atoms with Crippen molar-refractivity contribution < 1.29 is 4.74 Å². The molecule has 1 aromatic rings. The van der Waals surface area contributed by atoms with Crippen LogP contribution >= 0.6 is 0 Å². The van der Waals surface area contributed by atoms with Gasteiger partial charge >= 0.3 is 0 Å². The maximum atomic E-state index is 6.29. The van der Waals surface area contributed by atoms with Crippen LogP contribution in [0.15, 0.2) is 0 Å². The van der Waals surface area contributed by atoms with Gasteiger partial charge in [-0.3, -0.25) is 4.90 Å². The van der Waals surface area contributed by atoms with Crippen molar-refractivity contribution in [2.45, 2.75) is 46.3 Å². The van der Waals surface area contributed by atoms with Gasteiger partial charge in [0.25, 0.3) is 0 Å². The summed E-state index contributed by atoms with van der Waals surface area (Å²) >= 11 is 0. The molecule has 2 atom stereocenters. The zero-order chi connectivity index (χ0) is 13.8. The van der Waals surface area contributed by atoms with Crippen molar-refractivity contribution in [3.05, 3.63) is 22.3 Å². The Hall–Kier alpha value is -1.22. The Kier molecular flexibility index (Phi) is 2.85. The molecule has 0 fully saturated rings. The minimum Gasteiger partial charge on any atom is -0.472 e. The van der Waals surface area contributed by atoms with Gasteiger partial charge in [0.15, 0.2) is 5.72 Å². The second-order valence-electron chi connectivity index (χ2n) is 5.80. The molecule has 18 heavy (non-hydrogen) atoms. The Morgan fingerprint density at radius 1 is 1.11 bits per heavy atom. The molecule has 2 rings (SSSR count). The van der Waals surface area contributed by atoms with Crippen molar-refractivity contribution >= 4 is 5.69 Å². The highest BCUT2D eigenvalue weighted by molar-refractivity contribution is 5.67. The average molecular weight is 248 g/mol. The number of ether oxygens (including phenoxy) is 1. The average Bonchev–Trinajstić information content (AvgIpc) is 2.59. The van der Waals surface area contributed by atoms with Crippen LogP contribution in [0.5, 0.6) is 5.75 Å². The predicted molar refractivity (Wildman–Crippen MR) is 76.2 cm³/mol. The molecular formula is C15H24N2O. The van der Waals surface area contributed by atoms with Gasteiger partial charge in [-0.2, -0.15) is 0 Å². The Bertz CT molecular complexity index is 508. The first-order valence-electron chi connectivity index (χ1n) is 6.47. The number of likely N-dealkylation sites (N-methyl/N-ethyl adjacent to an activating group) is 1. The summed E-state index contributed by atoms with van der Waals surface area (Å²) in [5, 5.41) is 0. The Morgan fingerprint density at radius 2 is 1.67 bits per heavy atom. The first-order chi connectivity index (χ1) is 8.21. The van der Waals surface area contributed by atoms with Gasteiger partial charge in [-0.1, -0.05) is 6.92 Å². The van der Waals surface area contributed by atoms with Crippen molar-refractivity contribution in [3.63, 3.8) is 0 Å². The largest absolute Gasteiger partial charge is 0.472 e. The lowest BCUT2D eigenvalue weighted by atomic mass is 9.86. The molecule has 1 aliphatic heterocycles. The van der Waals surface area contributed by atoms with Gasteiger partial charge in [0, 0.05) is 17.2 Å². The lowest BCUT2D eigenvalue weighted by molar-refractivity contribution is -0.0392. The lowest BCUT2D eigenvalue weighted by Crippen LogP contribution is -2.47. The van der Waals surface area contributed by atoms with Crippen LogP contribution in [0.1, 0.15) is 42.0 Å². The third kappa shape index (κ3) is 1.46. The van der Waals surface area contributed by atoms with E-state index >= 15 is 0 Å². The summed E-state index contributed by atoms with van der Waals surface area (Å²) in [5.74, 6) is 1.34. The number of fused-ring (bicyclic) bond motifs is 1. The molecule has 1 aromatic carbocycles. The molecule has 3 nitrogen and oxygen atoms in total. The number of hydrogen-bond acceptors (Lipinski definition) is 3. The van der Waals surface area contributed by atoms with E-state index in [1.54, 1.807) is 0 Å². The molecule has 0 amide bonds. The monoisotopic (exact) mass is 248 g/mol. The fourth-order valence-corrected chi connectivity index (χ4v) is 2.87. The molecule has 0 saturated heterocycles. The van der Waals surface area contributed by atoms with Gasteiger partial charge in [-0.15, -0.1) is 0 Å². The van der Waals surface area contributed by atoms with Gasteiger partial charge in [0.1, 0.15) is 5.75 Å². The molecule has 2 N–H and O–H groups in total. The van der Waals surface area contributed by atoms with E-state index in [2.05, 4.69) is 53.6 Å². The van der Waals surface area contributed by atoms with E-state index in [0.717, 1.165) is 17.0 Å². The number of nitrogen functional groups attached to an aromatic ring is 1. The topological polar surface area (TPSA) is 38.5 Å². The van der Waals surface area contributed by atoms with Crippen LogP contribution in [0.4, 0.5) is 5.69 Å². The summed E-state index contributed by atoms with van der Waals surface area (Å²) in [7, 11) is 4.12. The van der Waals surface area contributed by atoms with E-state index in [4.69, 9.17) is 10.5 Å². The van der Waals surface area contributed by atoms with Crippen molar-refractivity contribution in [1.82, 2.24) is 4.90 Å². The number of rotatable bonds is 1.